The van der Waals surface area contributed by atoms with E-state index in [-0.39, 0.29) is 31.2 Å². The Kier molecular flexibility index (Phi) is 10.2. The Morgan fingerprint density at radius 1 is 0.717 bits per heavy atom. The predicted octanol–water partition coefficient (Wildman–Crippen LogP) is 12.4. The molecule has 0 aliphatic carbocycles. The van der Waals surface area contributed by atoms with E-state index in [9.17, 15) is 4.39 Å². The molecule has 8 rings (SSSR count). The number of pyridine rings is 2. The molecule has 0 saturated carbocycles. The van der Waals surface area contributed by atoms with Crippen LogP contribution in [0.3, 0.4) is 0 Å². The quantitative estimate of drug-likeness (QED) is 0.123. The second kappa shape index (κ2) is 15.9. The molecule has 0 N–H and O–H groups in total. The number of rotatable bonds is 6. The van der Waals surface area contributed by atoms with Crippen LogP contribution in [0.5, 0.6) is 0 Å². The maximum Gasteiger partial charge on any atom is 0.121 e. The summed E-state index contributed by atoms with van der Waals surface area (Å²) < 4.78 is 42.3. The third-order valence-corrected chi connectivity index (χ3v) is 11.3. The number of aryl methyl sites for hydroxylation is 1. The van der Waals surface area contributed by atoms with Gasteiger partial charge in [-0.05, 0) is 56.9 Å². The molecule has 1 radical (unpaired) electrons. The van der Waals surface area contributed by atoms with Crippen molar-refractivity contribution in [3.63, 3.8) is 0 Å². The van der Waals surface area contributed by atoms with E-state index in [1.165, 1.54) is 33.5 Å². The second-order valence-electron chi connectivity index (χ2n) is 14.3. The summed E-state index contributed by atoms with van der Waals surface area (Å²) in [5.41, 5.74) is 10.1. The van der Waals surface area contributed by atoms with Crippen LogP contribution in [-0.2, 0) is 20.1 Å². The standard InChI is InChI=1S/C32H24NO.C15H17FNSi.Ir/c1-21(2)25-17-18-33-30(19-25)29-10-6-9-28-27-16-15-26(20-31(27)34-32(28)29)24-13-11-23(12-14-24)22-7-4-3-5-8-22;1-11-5-7-13(14(16)9-11)15-8-6-12(10-17-15)18(2,3)4;/h3-9,11-21H,1-2H3;5-6,8-10H,1-4H3;/q2*-1;/i;1D3;. The van der Waals surface area contributed by atoms with E-state index in [0.29, 0.717) is 11.6 Å². The first-order valence-corrected chi connectivity index (χ1v) is 20.9. The zero-order valence-corrected chi connectivity index (χ0v) is 33.7. The number of nitrogens with zero attached hydrogens (tertiary/aromatic N) is 2. The first-order valence-electron chi connectivity index (χ1n) is 18.9. The van der Waals surface area contributed by atoms with Crippen molar-refractivity contribution < 1.29 is 33.0 Å². The largest absolute Gasteiger partial charge is 0.501 e. The molecule has 0 bridgehead atoms. The Bertz CT molecular complexity index is 2600. The molecule has 0 saturated heterocycles. The number of benzene rings is 5. The van der Waals surface area contributed by atoms with Gasteiger partial charge in [-0.3, -0.25) is 4.39 Å². The van der Waals surface area contributed by atoms with Gasteiger partial charge in [-0.1, -0.05) is 147 Å². The first kappa shape index (κ1) is 33.8. The summed E-state index contributed by atoms with van der Waals surface area (Å²) in [6.07, 6.45) is 3.64. The van der Waals surface area contributed by atoms with Gasteiger partial charge in [0.2, 0.25) is 0 Å². The van der Waals surface area contributed by atoms with Gasteiger partial charge in [0, 0.05) is 47.8 Å². The Morgan fingerprint density at radius 3 is 2.09 bits per heavy atom. The Morgan fingerprint density at radius 2 is 1.43 bits per heavy atom. The molecule has 53 heavy (non-hydrogen) atoms. The van der Waals surface area contributed by atoms with Crippen molar-refractivity contribution >= 4 is 35.2 Å². The molecular weight excluding hydrogens is 848 g/mol. The van der Waals surface area contributed by atoms with E-state index in [2.05, 4.69) is 141 Å². The van der Waals surface area contributed by atoms with Gasteiger partial charge < -0.3 is 14.4 Å². The summed E-state index contributed by atoms with van der Waals surface area (Å²) in [7, 11) is -1.45. The molecule has 0 atom stereocenters. The summed E-state index contributed by atoms with van der Waals surface area (Å²) in [6.45, 7) is 8.69. The van der Waals surface area contributed by atoms with E-state index >= 15 is 0 Å². The zero-order valence-electron chi connectivity index (χ0n) is 33.3. The number of aromatic nitrogens is 2. The molecule has 0 unspecified atom stereocenters. The SMILES string of the molecule is CC(C)c1ccnc(-c2[c-]ccc3c2oc2cc(-c4ccc(-c5ccccc5)cc4)ccc23)c1.[2H]C([2H])([2H])c1c[c-]c(-c2ccc([Si](C)(C)C)cn2)c(F)c1.[Ir]. The molecule has 267 valence electrons. The van der Waals surface area contributed by atoms with Crippen LogP contribution in [0.25, 0.3) is 66.7 Å². The molecule has 5 aromatic carbocycles. The van der Waals surface area contributed by atoms with Crippen LogP contribution < -0.4 is 5.19 Å². The molecule has 0 aliphatic rings. The van der Waals surface area contributed by atoms with Gasteiger partial charge in [-0.15, -0.1) is 42.0 Å². The van der Waals surface area contributed by atoms with Gasteiger partial charge in [-0.2, -0.15) is 0 Å². The van der Waals surface area contributed by atoms with Crippen molar-refractivity contribution in [1.82, 2.24) is 9.97 Å². The van der Waals surface area contributed by atoms with Crippen LogP contribution in [0.4, 0.5) is 4.39 Å². The van der Waals surface area contributed by atoms with Gasteiger partial charge >= 0.3 is 0 Å². The van der Waals surface area contributed by atoms with Crippen molar-refractivity contribution in [2.24, 2.45) is 0 Å². The van der Waals surface area contributed by atoms with Gasteiger partial charge in [-0.25, -0.2) is 0 Å². The van der Waals surface area contributed by atoms with E-state index in [0.717, 1.165) is 44.8 Å². The van der Waals surface area contributed by atoms with Crippen molar-refractivity contribution in [1.29, 1.82) is 0 Å². The minimum Gasteiger partial charge on any atom is -0.501 e. The average Bonchev–Trinajstić information content (AvgIpc) is 3.56. The smallest absolute Gasteiger partial charge is 0.121 e. The topological polar surface area (TPSA) is 38.9 Å². The second-order valence-corrected chi connectivity index (χ2v) is 19.4. The fourth-order valence-corrected chi connectivity index (χ4v) is 7.23. The van der Waals surface area contributed by atoms with Crippen molar-refractivity contribution in [3.05, 3.63) is 163 Å². The number of furan rings is 1. The molecule has 8 aromatic rings. The summed E-state index contributed by atoms with van der Waals surface area (Å²) in [5, 5.41) is 3.38. The number of hydrogen-bond acceptors (Lipinski definition) is 3. The van der Waals surface area contributed by atoms with Crippen molar-refractivity contribution in [2.75, 3.05) is 0 Å². The number of fused-ring (bicyclic) bond motifs is 3. The van der Waals surface area contributed by atoms with E-state index < -0.39 is 20.7 Å². The Hall–Kier alpha value is -5.00. The van der Waals surface area contributed by atoms with Crippen LogP contribution in [0.15, 0.2) is 138 Å². The monoisotopic (exact) mass is 892 g/mol. The molecular formula is C47H41FIrN2OSi-2. The number of halogens is 1. The van der Waals surface area contributed by atoms with Crippen molar-refractivity contribution in [3.8, 4) is 44.8 Å². The van der Waals surface area contributed by atoms with E-state index in [1.54, 1.807) is 12.3 Å². The van der Waals surface area contributed by atoms with Gasteiger partial charge in [0.1, 0.15) is 5.58 Å². The predicted molar refractivity (Wildman–Crippen MR) is 217 cm³/mol. The average molecular weight is 892 g/mol. The van der Waals surface area contributed by atoms with Crippen molar-refractivity contribution in [2.45, 2.75) is 46.3 Å². The Labute approximate surface area is 330 Å². The van der Waals surface area contributed by atoms with Gasteiger partial charge in [0.25, 0.3) is 0 Å². The molecule has 0 aliphatic heterocycles. The van der Waals surface area contributed by atoms with Gasteiger partial charge in [0.15, 0.2) is 0 Å². The summed E-state index contributed by atoms with van der Waals surface area (Å²) in [4.78, 5) is 8.91. The zero-order chi connectivity index (χ0) is 38.9. The third kappa shape index (κ3) is 8.31. The fraction of sp³-hybridized carbons (Fsp3) is 0.149. The van der Waals surface area contributed by atoms with Gasteiger partial charge in [0.05, 0.1) is 13.7 Å². The van der Waals surface area contributed by atoms with E-state index in [1.807, 2.05) is 24.4 Å². The third-order valence-electron chi connectivity index (χ3n) is 9.24. The minimum atomic E-state index is -2.33. The molecule has 6 heteroatoms. The van der Waals surface area contributed by atoms with E-state index in [4.69, 9.17) is 8.53 Å². The minimum absolute atomic E-state index is 0. The molecule has 0 fully saturated rings. The summed E-state index contributed by atoms with van der Waals surface area (Å²) in [6, 6.07) is 46.0. The normalized spacial score (nSPS) is 12.4. The molecule has 3 aromatic heterocycles. The van der Waals surface area contributed by atoms with Crippen LogP contribution >= 0.6 is 0 Å². The summed E-state index contributed by atoms with van der Waals surface area (Å²) in [5.74, 6) is -0.177. The van der Waals surface area contributed by atoms with Crippen LogP contribution in [-0.4, -0.2) is 18.0 Å². The molecule has 3 nitrogen and oxygen atoms in total. The van der Waals surface area contributed by atoms with Crippen LogP contribution in [0.1, 0.15) is 35.0 Å². The molecule has 3 heterocycles. The molecule has 0 spiro atoms. The fourth-order valence-electron chi connectivity index (χ4n) is 6.19. The summed E-state index contributed by atoms with van der Waals surface area (Å²) >= 11 is 0. The maximum atomic E-state index is 14.1. The maximum absolute atomic E-state index is 14.1. The number of hydrogen-bond donors (Lipinski definition) is 0. The van der Waals surface area contributed by atoms with Crippen LogP contribution in [0, 0.1) is 24.8 Å². The first-order chi connectivity index (χ1) is 26.3. The van der Waals surface area contributed by atoms with Crippen LogP contribution in [0.2, 0.25) is 19.6 Å². The Balaban J connectivity index is 0.000000209. The molecule has 0 amide bonds.